The number of anilines is 1. The summed E-state index contributed by atoms with van der Waals surface area (Å²) >= 11 is 0. The van der Waals surface area contributed by atoms with Gasteiger partial charge in [-0.15, -0.1) is 0 Å². The highest BCUT2D eigenvalue weighted by atomic mass is 16.5. The van der Waals surface area contributed by atoms with Crippen molar-refractivity contribution in [3.8, 4) is 5.75 Å². The Morgan fingerprint density at radius 1 is 1.14 bits per heavy atom. The van der Waals surface area contributed by atoms with E-state index in [2.05, 4.69) is 22.8 Å². The average Bonchev–Trinajstić information content (AvgIpc) is 2.73. The van der Waals surface area contributed by atoms with Gasteiger partial charge in [0.15, 0.2) is 6.10 Å². The summed E-state index contributed by atoms with van der Waals surface area (Å²) in [5.41, 5.74) is 3.37. The number of hydrogen-bond acceptors (Lipinski definition) is 4. The van der Waals surface area contributed by atoms with Gasteiger partial charge < -0.3 is 20.3 Å². The van der Waals surface area contributed by atoms with Crippen molar-refractivity contribution >= 4 is 17.5 Å². The van der Waals surface area contributed by atoms with Gasteiger partial charge in [0.05, 0.1) is 24.8 Å². The number of carbonyl (C=O) groups excluding carboxylic acids is 2. The van der Waals surface area contributed by atoms with Crippen LogP contribution in [0.5, 0.6) is 5.75 Å². The van der Waals surface area contributed by atoms with Crippen LogP contribution < -0.4 is 20.3 Å². The number of rotatable bonds is 4. The maximum atomic E-state index is 12.9. The van der Waals surface area contributed by atoms with E-state index in [-0.39, 0.29) is 24.4 Å². The van der Waals surface area contributed by atoms with E-state index in [9.17, 15) is 9.59 Å². The predicted molar refractivity (Wildman–Crippen MR) is 107 cm³/mol. The van der Waals surface area contributed by atoms with Gasteiger partial charge >= 0.3 is 0 Å². The Bertz CT molecular complexity index is 883. The number of carbonyl (C=O) groups is 2. The van der Waals surface area contributed by atoms with Crippen LogP contribution in [0.25, 0.3) is 0 Å². The van der Waals surface area contributed by atoms with Crippen LogP contribution in [-0.2, 0) is 16.0 Å². The SMILES string of the molecule is CNC(=O)[C@@H]1CN(CC(=O)N[C@@H]2CCCc3ccccc32)c2ccccc2O1. The van der Waals surface area contributed by atoms with Crippen molar-refractivity contribution in [1.82, 2.24) is 10.6 Å². The molecular formula is C22H25N3O3. The summed E-state index contributed by atoms with van der Waals surface area (Å²) in [6.45, 7) is 0.526. The van der Waals surface area contributed by atoms with Crippen LogP contribution in [0.3, 0.4) is 0 Å². The third kappa shape index (κ3) is 3.67. The Morgan fingerprint density at radius 2 is 1.93 bits per heavy atom. The summed E-state index contributed by atoms with van der Waals surface area (Å²) in [5.74, 6) is 0.383. The summed E-state index contributed by atoms with van der Waals surface area (Å²) in [4.78, 5) is 26.9. The summed E-state index contributed by atoms with van der Waals surface area (Å²) in [5, 5.41) is 5.81. The minimum Gasteiger partial charge on any atom is -0.477 e. The first-order chi connectivity index (χ1) is 13.7. The quantitative estimate of drug-likeness (QED) is 0.854. The normalized spacial score (nSPS) is 20.4. The Balaban J connectivity index is 1.49. The monoisotopic (exact) mass is 379 g/mol. The zero-order valence-corrected chi connectivity index (χ0v) is 16.0. The molecule has 0 radical (unpaired) electrons. The molecule has 2 aromatic carbocycles. The minimum atomic E-state index is -0.636. The second kappa shape index (κ2) is 7.92. The molecule has 0 saturated carbocycles. The van der Waals surface area contributed by atoms with E-state index < -0.39 is 6.10 Å². The van der Waals surface area contributed by atoms with E-state index in [1.54, 1.807) is 7.05 Å². The third-order valence-corrected chi connectivity index (χ3v) is 5.44. The highest BCUT2D eigenvalue weighted by Gasteiger charge is 2.31. The molecule has 2 atom stereocenters. The van der Waals surface area contributed by atoms with E-state index in [0.29, 0.717) is 12.3 Å². The first-order valence-corrected chi connectivity index (χ1v) is 9.75. The fourth-order valence-electron chi connectivity index (χ4n) is 4.07. The van der Waals surface area contributed by atoms with Crippen LogP contribution in [-0.4, -0.2) is 38.1 Å². The van der Waals surface area contributed by atoms with Gasteiger partial charge in [-0.25, -0.2) is 0 Å². The lowest BCUT2D eigenvalue weighted by Crippen LogP contribution is -2.51. The molecule has 1 heterocycles. The van der Waals surface area contributed by atoms with Crippen molar-refractivity contribution in [2.75, 3.05) is 25.0 Å². The molecule has 0 spiro atoms. The van der Waals surface area contributed by atoms with Crippen LogP contribution in [0.1, 0.15) is 30.0 Å². The zero-order chi connectivity index (χ0) is 19.5. The Hall–Kier alpha value is -3.02. The Labute approximate surface area is 164 Å². The van der Waals surface area contributed by atoms with E-state index in [1.165, 1.54) is 11.1 Å². The summed E-state index contributed by atoms with van der Waals surface area (Å²) in [6.07, 6.45) is 2.44. The lowest BCUT2D eigenvalue weighted by Gasteiger charge is -2.35. The molecule has 28 heavy (non-hydrogen) atoms. The fourth-order valence-corrected chi connectivity index (χ4v) is 4.07. The van der Waals surface area contributed by atoms with Crippen LogP contribution in [0.4, 0.5) is 5.69 Å². The Morgan fingerprint density at radius 3 is 2.79 bits per heavy atom. The topological polar surface area (TPSA) is 70.7 Å². The molecule has 6 heteroatoms. The van der Waals surface area contributed by atoms with Gasteiger partial charge in [0.2, 0.25) is 5.91 Å². The molecule has 0 aromatic heterocycles. The van der Waals surface area contributed by atoms with Crippen LogP contribution in [0.2, 0.25) is 0 Å². The molecule has 6 nitrogen and oxygen atoms in total. The molecule has 0 fully saturated rings. The number of aryl methyl sites for hydroxylation is 1. The first-order valence-electron chi connectivity index (χ1n) is 9.75. The minimum absolute atomic E-state index is 0.0449. The summed E-state index contributed by atoms with van der Waals surface area (Å²) in [7, 11) is 1.59. The predicted octanol–water partition coefficient (Wildman–Crippen LogP) is 2.19. The van der Waals surface area contributed by atoms with Gasteiger partial charge in [-0.3, -0.25) is 9.59 Å². The number of benzene rings is 2. The third-order valence-electron chi connectivity index (χ3n) is 5.44. The van der Waals surface area contributed by atoms with Gasteiger partial charge in [0.1, 0.15) is 5.75 Å². The number of fused-ring (bicyclic) bond motifs is 2. The van der Waals surface area contributed by atoms with Gasteiger partial charge in [-0.1, -0.05) is 36.4 Å². The lowest BCUT2D eigenvalue weighted by molar-refractivity contribution is -0.127. The van der Waals surface area contributed by atoms with E-state index in [1.807, 2.05) is 41.3 Å². The average molecular weight is 379 g/mol. The van der Waals surface area contributed by atoms with Crippen molar-refractivity contribution < 1.29 is 14.3 Å². The summed E-state index contributed by atoms with van der Waals surface area (Å²) in [6, 6.07) is 15.9. The van der Waals surface area contributed by atoms with E-state index >= 15 is 0 Å². The van der Waals surface area contributed by atoms with Crippen LogP contribution in [0, 0.1) is 0 Å². The first kappa shape index (κ1) is 18.3. The number of ether oxygens (including phenoxy) is 1. The van der Waals surface area contributed by atoms with Gasteiger partial charge in [0, 0.05) is 7.05 Å². The standard InChI is InChI=1S/C22H25N3O3/c1-23-22(27)20-13-25(18-11-4-5-12-19(18)28-20)14-21(26)24-17-10-6-8-15-7-2-3-9-16(15)17/h2-5,7,9,11-12,17,20H,6,8,10,13-14H2,1H3,(H,23,27)(H,24,26)/t17-,20+/m1/s1. The largest absolute Gasteiger partial charge is 0.477 e. The van der Waals surface area contributed by atoms with Crippen molar-refractivity contribution in [3.63, 3.8) is 0 Å². The number of nitrogens with zero attached hydrogens (tertiary/aromatic N) is 1. The van der Waals surface area contributed by atoms with Gasteiger partial charge in [0.25, 0.3) is 5.91 Å². The van der Waals surface area contributed by atoms with Crippen molar-refractivity contribution in [1.29, 1.82) is 0 Å². The number of para-hydroxylation sites is 2. The van der Waals surface area contributed by atoms with Crippen molar-refractivity contribution in [3.05, 3.63) is 59.7 Å². The molecule has 1 aliphatic carbocycles. The molecule has 2 N–H and O–H groups in total. The molecule has 146 valence electrons. The lowest BCUT2D eigenvalue weighted by atomic mass is 9.88. The highest BCUT2D eigenvalue weighted by Crippen LogP contribution is 2.33. The maximum Gasteiger partial charge on any atom is 0.262 e. The number of nitrogens with one attached hydrogen (secondary N) is 2. The van der Waals surface area contributed by atoms with Crippen LogP contribution in [0.15, 0.2) is 48.5 Å². The molecule has 0 bridgehead atoms. The van der Waals surface area contributed by atoms with Gasteiger partial charge in [-0.05, 0) is 42.5 Å². The molecule has 2 aromatic rings. The molecule has 0 unspecified atom stereocenters. The highest BCUT2D eigenvalue weighted by molar-refractivity contribution is 5.86. The van der Waals surface area contributed by atoms with E-state index in [4.69, 9.17) is 4.74 Å². The number of amides is 2. The van der Waals surface area contributed by atoms with Gasteiger partial charge in [-0.2, -0.15) is 0 Å². The molecule has 0 saturated heterocycles. The smallest absolute Gasteiger partial charge is 0.262 e. The molecular weight excluding hydrogens is 354 g/mol. The molecule has 2 amide bonds. The molecule has 2 aliphatic rings. The maximum absolute atomic E-state index is 12.9. The fraction of sp³-hybridized carbons (Fsp3) is 0.364. The second-order valence-electron chi connectivity index (χ2n) is 7.28. The number of likely N-dealkylation sites (N-methyl/N-ethyl adjacent to an activating group) is 1. The molecule has 4 rings (SSSR count). The second-order valence-corrected chi connectivity index (χ2v) is 7.28. The van der Waals surface area contributed by atoms with E-state index in [0.717, 1.165) is 24.9 Å². The molecule has 1 aliphatic heterocycles. The number of hydrogen-bond donors (Lipinski definition) is 2. The summed E-state index contributed by atoms with van der Waals surface area (Å²) < 4.78 is 5.81. The van der Waals surface area contributed by atoms with Crippen molar-refractivity contribution in [2.45, 2.75) is 31.4 Å². The van der Waals surface area contributed by atoms with Crippen molar-refractivity contribution in [2.24, 2.45) is 0 Å². The zero-order valence-electron chi connectivity index (χ0n) is 16.0. The Kier molecular flexibility index (Phi) is 5.19. The van der Waals surface area contributed by atoms with Crippen LogP contribution >= 0.6 is 0 Å².